The molecule has 0 aromatic heterocycles. The maximum Gasteiger partial charge on any atom is 0.273 e. The quantitative estimate of drug-likeness (QED) is 0.244. The molecule has 0 bridgehead atoms. The van der Waals surface area contributed by atoms with Gasteiger partial charge in [-0.2, -0.15) is 0 Å². The third-order valence-corrected chi connectivity index (χ3v) is 7.48. The number of aryl methyl sites for hydroxylation is 1. The van der Waals surface area contributed by atoms with E-state index in [4.69, 9.17) is 14.2 Å². The molecular formula is C27H31N3O8S. The predicted octanol–water partition coefficient (Wildman–Crippen LogP) is 4.22. The molecular weight excluding hydrogens is 526 g/mol. The molecule has 0 spiro atoms. The molecule has 0 atom stereocenters. The van der Waals surface area contributed by atoms with E-state index in [0.29, 0.717) is 36.0 Å². The fraction of sp³-hybridized carbons (Fsp3) is 0.296. The molecule has 1 N–H and O–H groups in total. The minimum atomic E-state index is -4.36. The summed E-state index contributed by atoms with van der Waals surface area (Å²) in [6.07, 6.45) is 0. The summed E-state index contributed by atoms with van der Waals surface area (Å²) in [5, 5.41) is 14.2. The van der Waals surface area contributed by atoms with Crippen molar-refractivity contribution < 1.29 is 32.3 Å². The molecule has 3 aromatic carbocycles. The van der Waals surface area contributed by atoms with Gasteiger partial charge in [-0.05, 0) is 68.8 Å². The van der Waals surface area contributed by atoms with Gasteiger partial charge in [0.05, 0.1) is 35.8 Å². The number of carbonyl (C=O) groups excluding carboxylic acids is 1. The SMILES string of the molecule is CCOc1ccc(CNC(=O)CN(c2ccc(OC)cc2)S(=O)(=O)c2ccc(C)c([N+](=O)[O-])c2)cc1OCC. The fourth-order valence-corrected chi connectivity index (χ4v) is 5.17. The lowest BCUT2D eigenvalue weighted by molar-refractivity contribution is -0.385. The highest BCUT2D eigenvalue weighted by atomic mass is 32.2. The Kier molecular flexibility index (Phi) is 9.72. The highest BCUT2D eigenvalue weighted by Crippen LogP contribution is 2.30. The number of hydrogen-bond donors (Lipinski definition) is 1. The lowest BCUT2D eigenvalue weighted by atomic mass is 10.2. The average molecular weight is 558 g/mol. The van der Waals surface area contributed by atoms with E-state index in [2.05, 4.69) is 5.32 Å². The largest absolute Gasteiger partial charge is 0.497 e. The van der Waals surface area contributed by atoms with Crippen LogP contribution in [0.1, 0.15) is 25.0 Å². The van der Waals surface area contributed by atoms with Gasteiger partial charge in [0, 0.05) is 18.2 Å². The number of carbonyl (C=O) groups is 1. The van der Waals surface area contributed by atoms with E-state index in [1.54, 1.807) is 30.3 Å². The van der Waals surface area contributed by atoms with Crippen LogP contribution < -0.4 is 23.8 Å². The Labute approximate surface area is 227 Å². The minimum absolute atomic E-state index is 0.109. The first-order valence-electron chi connectivity index (χ1n) is 12.2. The molecule has 3 aromatic rings. The van der Waals surface area contributed by atoms with Gasteiger partial charge in [0.25, 0.3) is 15.7 Å². The molecule has 1 amide bonds. The number of nitro groups is 1. The minimum Gasteiger partial charge on any atom is -0.497 e. The predicted molar refractivity (Wildman–Crippen MR) is 146 cm³/mol. The van der Waals surface area contributed by atoms with E-state index in [1.165, 1.54) is 38.3 Å². The van der Waals surface area contributed by atoms with Gasteiger partial charge in [-0.3, -0.25) is 19.2 Å². The zero-order valence-corrected chi connectivity index (χ0v) is 23.0. The number of nitro benzene ring substituents is 1. The van der Waals surface area contributed by atoms with Crippen LogP contribution in [-0.2, 0) is 21.4 Å². The standard InChI is InChI=1S/C27H31N3O8S/c1-5-37-25-14-8-20(15-26(25)38-6-2)17-28-27(31)18-29(21-9-11-22(36-4)12-10-21)39(34,35)23-13-7-19(3)24(16-23)30(32)33/h7-16H,5-6,17-18H2,1-4H3,(H,28,31). The van der Waals surface area contributed by atoms with Crippen LogP contribution >= 0.6 is 0 Å². The first-order chi connectivity index (χ1) is 18.6. The van der Waals surface area contributed by atoms with E-state index in [-0.39, 0.29) is 22.8 Å². The summed E-state index contributed by atoms with van der Waals surface area (Å²) in [5.41, 5.74) is 0.891. The average Bonchev–Trinajstić information content (AvgIpc) is 2.92. The van der Waals surface area contributed by atoms with Gasteiger partial charge in [-0.1, -0.05) is 12.1 Å². The van der Waals surface area contributed by atoms with Crippen molar-refractivity contribution in [3.05, 3.63) is 81.9 Å². The van der Waals surface area contributed by atoms with Crippen LogP contribution in [0.15, 0.2) is 65.6 Å². The summed E-state index contributed by atoms with van der Waals surface area (Å²) in [5.74, 6) is 1.03. The summed E-state index contributed by atoms with van der Waals surface area (Å²) in [6, 6.07) is 15.0. The number of hydrogen-bond acceptors (Lipinski definition) is 8. The molecule has 208 valence electrons. The molecule has 12 heteroatoms. The Morgan fingerprint density at radius 2 is 1.64 bits per heavy atom. The number of amides is 1. The van der Waals surface area contributed by atoms with E-state index >= 15 is 0 Å². The smallest absolute Gasteiger partial charge is 0.273 e. The molecule has 0 heterocycles. The van der Waals surface area contributed by atoms with Crippen molar-refractivity contribution >= 4 is 27.3 Å². The molecule has 0 saturated carbocycles. The van der Waals surface area contributed by atoms with Gasteiger partial charge in [0.1, 0.15) is 12.3 Å². The van der Waals surface area contributed by atoms with E-state index in [9.17, 15) is 23.3 Å². The first-order valence-corrected chi connectivity index (χ1v) is 13.6. The Balaban J connectivity index is 1.88. The van der Waals surface area contributed by atoms with Gasteiger partial charge >= 0.3 is 0 Å². The van der Waals surface area contributed by atoms with Gasteiger partial charge in [0.15, 0.2) is 11.5 Å². The van der Waals surface area contributed by atoms with Crippen molar-refractivity contribution in [1.29, 1.82) is 0 Å². The number of rotatable bonds is 13. The van der Waals surface area contributed by atoms with Crippen LogP contribution in [0, 0.1) is 17.0 Å². The van der Waals surface area contributed by atoms with Gasteiger partial charge in [-0.25, -0.2) is 8.42 Å². The molecule has 39 heavy (non-hydrogen) atoms. The first kappa shape index (κ1) is 29.2. The van der Waals surface area contributed by atoms with Crippen molar-refractivity contribution in [2.45, 2.75) is 32.2 Å². The Bertz CT molecular complexity index is 1430. The molecule has 0 aliphatic heterocycles. The second kappa shape index (κ2) is 13.0. The van der Waals surface area contributed by atoms with Gasteiger partial charge < -0.3 is 19.5 Å². The summed E-state index contributed by atoms with van der Waals surface area (Å²) in [4.78, 5) is 23.5. The molecule has 0 aliphatic rings. The van der Waals surface area contributed by atoms with Gasteiger partial charge in [-0.15, -0.1) is 0 Å². The summed E-state index contributed by atoms with van der Waals surface area (Å²) >= 11 is 0. The zero-order chi connectivity index (χ0) is 28.6. The van der Waals surface area contributed by atoms with E-state index < -0.39 is 27.4 Å². The highest BCUT2D eigenvalue weighted by molar-refractivity contribution is 7.92. The van der Waals surface area contributed by atoms with Crippen molar-refractivity contribution in [2.75, 3.05) is 31.2 Å². The second-order valence-corrected chi connectivity index (χ2v) is 10.2. The number of ether oxygens (including phenoxy) is 3. The summed E-state index contributed by atoms with van der Waals surface area (Å²) < 4.78 is 44.6. The number of anilines is 1. The third kappa shape index (κ3) is 7.17. The van der Waals surface area contributed by atoms with Crippen LogP contribution in [0.3, 0.4) is 0 Å². The number of nitrogens with zero attached hydrogens (tertiary/aromatic N) is 2. The summed E-state index contributed by atoms with van der Waals surface area (Å²) in [7, 11) is -2.89. The molecule has 3 rings (SSSR count). The topological polar surface area (TPSA) is 137 Å². The van der Waals surface area contributed by atoms with Crippen molar-refractivity contribution in [2.24, 2.45) is 0 Å². The lowest BCUT2D eigenvalue weighted by Crippen LogP contribution is -2.40. The maximum absolute atomic E-state index is 13.7. The van der Waals surface area contributed by atoms with Crippen LogP contribution in [-0.4, -0.2) is 46.1 Å². The Morgan fingerprint density at radius 3 is 2.26 bits per heavy atom. The van der Waals surface area contributed by atoms with E-state index in [1.807, 2.05) is 13.8 Å². The molecule has 0 radical (unpaired) electrons. The molecule has 0 aliphatic carbocycles. The van der Waals surface area contributed by atoms with E-state index in [0.717, 1.165) is 15.9 Å². The molecule has 0 saturated heterocycles. The number of benzene rings is 3. The lowest BCUT2D eigenvalue weighted by Gasteiger charge is -2.24. The summed E-state index contributed by atoms with van der Waals surface area (Å²) in [6.45, 7) is 5.67. The third-order valence-electron chi connectivity index (χ3n) is 5.71. The normalized spacial score (nSPS) is 11.0. The van der Waals surface area contributed by atoms with Crippen molar-refractivity contribution in [3.8, 4) is 17.2 Å². The maximum atomic E-state index is 13.7. The Hall–Kier alpha value is -4.32. The van der Waals surface area contributed by atoms with Crippen LogP contribution in [0.5, 0.6) is 17.2 Å². The monoisotopic (exact) mass is 557 g/mol. The highest BCUT2D eigenvalue weighted by Gasteiger charge is 2.29. The molecule has 11 nitrogen and oxygen atoms in total. The second-order valence-electron chi connectivity index (χ2n) is 8.34. The number of nitrogens with one attached hydrogen (secondary N) is 1. The van der Waals surface area contributed by atoms with Crippen LogP contribution in [0.2, 0.25) is 0 Å². The number of sulfonamides is 1. The van der Waals surface area contributed by atoms with Crippen molar-refractivity contribution in [3.63, 3.8) is 0 Å². The van der Waals surface area contributed by atoms with Crippen LogP contribution in [0.25, 0.3) is 0 Å². The fourth-order valence-electron chi connectivity index (χ4n) is 3.73. The molecule has 0 fully saturated rings. The van der Waals surface area contributed by atoms with Crippen LogP contribution in [0.4, 0.5) is 11.4 Å². The van der Waals surface area contributed by atoms with Crippen molar-refractivity contribution in [1.82, 2.24) is 5.32 Å². The zero-order valence-electron chi connectivity index (χ0n) is 22.2. The molecule has 0 unspecified atom stereocenters. The Morgan fingerprint density at radius 1 is 0.974 bits per heavy atom. The van der Waals surface area contributed by atoms with Gasteiger partial charge in [0.2, 0.25) is 5.91 Å². The number of methoxy groups -OCH3 is 1.